The summed E-state index contributed by atoms with van der Waals surface area (Å²) in [6, 6.07) is 5.15. The Kier molecular flexibility index (Phi) is 3.94. The lowest BCUT2D eigenvalue weighted by Gasteiger charge is -2.05. The zero-order valence-electron chi connectivity index (χ0n) is 9.65. The lowest BCUT2D eigenvalue weighted by molar-refractivity contribution is 0.0988. The monoisotopic (exact) mass is 280 g/mol. The maximum atomic E-state index is 12.0. The summed E-state index contributed by atoms with van der Waals surface area (Å²) in [5.74, 6) is -0.155. The van der Waals surface area contributed by atoms with Gasteiger partial charge in [0.1, 0.15) is 5.69 Å². The van der Waals surface area contributed by atoms with Gasteiger partial charge in [0, 0.05) is 22.7 Å². The maximum absolute atomic E-state index is 12.0. The molecule has 1 aromatic carbocycles. The van der Waals surface area contributed by atoms with E-state index in [1.807, 2.05) is 6.92 Å². The van der Waals surface area contributed by atoms with E-state index in [0.717, 1.165) is 5.69 Å². The summed E-state index contributed by atoms with van der Waals surface area (Å²) in [6.07, 6.45) is 3.14. The second-order valence-electron chi connectivity index (χ2n) is 3.84. The van der Waals surface area contributed by atoms with Gasteiger partial charge in [-0.3, -0.25) is 9.78 Å². The van der Waals surface area contributed by atoms with Gasteiger partial charge < -0.3 is 0 Å². The van der Waals surface area contributed by atoms with Gasteiger partial charge in [0.05, 0.1) is 11.9 Å². The van der Waals surface area contributed by atoms with Gasteiger partial charge in [-0.15, -0.1) is 0 Å². The van der Waals surface area contributed by atoms with Crippen LogP contribution in [-0.2, 0) is 6.42 Å². The Morgan fingerprint density at radius 1 is 1.17 bits per heavy atom. The molecule has 0 amide bonds. The van der Waals surface area contributed by atoms with E-state index in [2.05, 4.69) is 9.97 Å². The van der Waals surface area contributed by atoms with E-state index in [4.69, 9.17) is 23.2 Å². The van der Waals surface area contributed by atoms with Gasteiger partial charge in [0.2, 0.25) is 0 Å². The summed E-state index contributed by atoms with van der Waals surface area (Å²) in [7, 11) is 0. The van der Waals surface area contributed by atoms with Crippen LogP contribution < -0.4 is 0 Å². The third-order valence-corrected chi connectivity index (χ3v) is 3.17. The largest absolute Gasteiger partial charge is 0.292 e. The molecule has 0 aliphatic carbocycles. The van der Waals surface area contributed by atoms with Crippen LogP contribution in [0.3, 0.4) is 0 Å². The van der Waals surface area contributed by atoms with Gasteiger partial charge in [0.15, 0.2) is 5.78 Å². The minimum absolute atomic E-state index is 0.121. The molecule has 0 atom stereocenters. The van der Waals surface area contributed by atoms with Crippen molar-refractivity contribution < 1.29 is 4.79 Å². The van der Waals surface area contributed by atoms with Gasteiger partial charge in [-0.2, -0.15) is 0 Å². The van der Waals surface area contributed by atoms with Crippen molar-refractivity contribution in [2.24, 2.45) is 0 Å². The average Bonchev–Trinajstić information content (AvgIpc) is 2.34. The van der Waals surface area contributed by atoms with E-state index in [9.17, 15) is 4.79 Å². The van der Waals surface area contributed by atoms with Gasteiger partial charge in [-0.25, -0.2) is 4.98 Å². The number of hydrogen-bond donors (Lipinski definition) is 0. The van der Waals surface area contributed by atoms with Crippen LogP contribution in [0.1, 0.15) is 21.7 Å². The third-order valence-electron chi connectivity index (χ3n) is 2.47. The SMILES string of the molecule is Cc1cnc(C(=O)Cc2c(Cl)cccc2Cl)cn1. The molecule has 0 saturated carbocycles. The van der Waals surface area contributed by atoms with Crippen molar-refractivity contribution in [2.75, 3.05) is 0 Å². The fourth-order valence-electron chi connectivity index (χ4n) is 1.49. The van der Waals surface area contributed by atoms with Gasteiger partial charge >= 0.3 is 0 Å². The molecular formula is C13H10Cl2N2O. The Morgan fingerprint density at radius 2 is 1.83 bits per heavy atom. The van der Waals surface area contributed by atoms with Crippen molar-refractivity contribution >= 4 is 29.0 Å². The molecule has 0 saturated heterocycles. The minimum Gasteiger partial charge on any atom is -0.292 e. The Labute approximate surface area is 115 Å². The molecule has 0 fully saturated rings. The van der Waals surface area contributed by atoms with Crippen LogP contribution >= 0.6 is 23.2 Å². The highest BCUT2D eigenvalue weighted by Crippen LogP contribution is 2.25. The van der Waals surface area contributed by atoms with Crippen molar-refractivity contribution in [2.45, 2.75) is 13.3 Å². The van der Waals surface area contributed by atoms with Crippen molar-refractivity contribution in [3.05, 3.63) is 57.6 Å². The third kappa shape index (κ3) is 2.86. The molecule has 0 radical (unpaired) electrons. The zero-order valence-corrected chi connectivity index (χ0v) is 11.2. The van der Waals surface area contributed by atoms with Crippen LogP contribution in [0.5, 0.6) is 0 Å². The number of aromatic nitrogens is 2. The standard InChI is InChI=1S/C13H10Cl2N2O/c1-8-6-17-12(7-16-8)13(18)5-9-10(14)3-2-4-11(9)15/h2-4,6-7H,5H2,1H3. The molecule has 92 valence electrons. The summed E-state index contributed by atoms with van der Waals surface area (Å²) < 4.78 is 0. The predicted molar refractivity (Wildman–Crippen MR) is 71.3 cm³/mol. The lowest BCUT2D eigenvalue weighted by atomic mass is 10.1. The summed E-state index contributed by atoms with van der Waals surface area (Å²) in [5, 5.41) is 0.965. The van der Waals surface area contributed by atoms with Crippen LogP contribution in [0.15, 0.2) is 30.6 Å². The molecule has 0 bridgehead atoms. The number of ketones is 1. The molecule has 3 nitrogen and oxygen atoms in total. The molecule has 0 N–H and O–H groups in total. The van der Waals surface area contributed by atoms with Crippen molar-refractivity contribution in [1.29, 1.82) is 0 Å². The molecule has 5 heteroatoms. The Morgan fingerprint density at radius 3 is 2.39 bits per heavy atom. The molecule has 0 unspecified atom stereocenters. The number of halogens is 2. The van der Waals surface area contributed by atoms with Crippen molar-refractivity contribution in [1.82, 2.24) is 9.97 Å². The van der Waals surface area contributed by atoms with E-state index in [-0.39, 0.29) is 12.2 Å². The molecule has 2 aromatic rings. The normalized spacial score (nSPS) is 10.4. The first-order valence-corrected chi connectivity index (χ1v) is 6.08. The summed E-state index contributed by atoms with van der Waals surface area (Å²) in [6.45, 7) is 1.81. The van der Waals surface area contributed by atoms with E-state index < -0.39 is 0 Å². The van der Waals surface area contributed by atoms with Gasteiger partial charge in [-0.05, 0) is 24.6 Å². The fraction of sp³-hybridized carbons (Fsp3) is 0.154. The number of aryl methyl sites for hydroxylation is 1. The first-order valence-electron chi connectivity index (χ1n) is 5.32. The summed E-state index contributed by atoms with van der Waals surface area (Å²) in [4.78, 5) is 20.1. The van der Waals surface area contributed by atoms with Gasteiger partial charge in [0.25, 0.3) is 0 Å². The first kappa shape index (κ1) is 13.0. The van der Waals surface area contributed by atoms with E-state index in [0.29, 0.717) is 21.3 Å². The molecule has 1 heterocycles. The highest BCUT2D eigenvalue weighted by atomic mass is 35.5. The van der Waals surface area contributed by atoms with E-state index in [1.54, 1.807) is 24.4 Å². The number of carbonyl (C=O) groups is 1. The molecule has 2 rings (SSSR count). The number of carbonyl (C=O) groups excluding carboxylic acids is 1. The molecule has 1 aromatic heterocycles. The summed E-state index contributed by atoms with van der Waals surface area (Å²) >= 11 is 12.0. The van der Waals surface area contributed by atoms with E-state index >= 15 is 0 Å². The fourth-order valence-corrected chi connectivity index (χ4v) is 2.02. The van der Waals surface area contributed by atoms with Crippen LogP contribution in [-0.4, -0.2) is 15.8 Å². The first-order chi connectivity index (χ1) is 8.58. The Bertz CT molecular complexity index is 562. The van der Waals surface area contributed by atoms with Crippen LogP contribution in [0.2, 0.25) is 10.0 Å². The van der Waals surface area contributed by atoms with Crippen LogP contribution in [0, 0.1) is 6.92 Å². The second-order valence-corrected chi connectivity index (χ2v) is 4.66. The molecule has 18 heavy (non-hydrogen) atoms. The van der Waals surface area contributed by atoms with Crippen molar-refractivity contribution in [3.8, 4) is 0 Å². The molecular weight excluding hydrogens is 271 g/mol. The highest BCUT2D eigenvalue weighted by Gasteiger charge is 2.13. The predicted octanol–water partition coefficient (Wildman–Crippen LogP) is 3.52. The quantitative estimate of drug-likeness (QED) is 0.808. The minimum atomic E-state index is -0.155. The second kappa shape index (κ2) is 5.46. The number of rotatable bonds is 3. The smallest absolute Gasteiger partial charge is 0.187 e. The van der Waals surface area contributed by atoms with E-state index in [1.165, 1.54) is 6.20 Å². The number of hydrogen-bond acceptors (Lipinski definition) is 3. The summed E-state index contributed by atoms with van der Waals surface area (Å²) in [5.41, 5.74) is 1.70. The zero-order chi connectivity index (χ0) is 13.1. The molecule has 0 aliphatic rings. The average molecular weight is 281 g/mol. The number of benzene rings is 1. The van der Waals surface area contributed by atoms with Crippen molar-refractivity contribution in [3.63, 3.8) is 0 Å². The molecule has 0 aliphatic heterocycles. The van der Waals surface area contributed by atoms with Crippen LogP contribution in [0.25, 0.3) is 0 Å². The van der Waals surface area contributed by atoms with Gasteiger partial charge in [-0.1, -0.05) is 29.3 Å². The highest BCUT2D eigenvalue weighted by molar-refractivity contribution is 6.36. The maximum Gasteiger partial charge on any atom is 0.187 e. The van der Waals surface area contributed by atoms with Crippen LogP contribution in [0.4, 0.5) is 0 Å². The number of Topliss-reactive ketones (excluding diaryl/α,β-unsaturated/α-hetero) is 1. The molecule has 0 spiro atoms. The topological polar surface area (TPSA) is 42.9 Å². The Hall–Kier alpha value is -1.45. The lowest BCUT2D eigenvalue weighted by Crippen LogP contribution is -2.07. The number of nitrogens with zero attached hydrogens (tertiary/aromatic N) is 2. The Balaban J connectivity index is 2.24.